The highest BCUT2D eigenvalue weighted by atomic mass is 16.3. The van der Waals surface area contributed by atoms with Crippen LogP contribution in [0.5, 0.6) is 0 Å². The molecule has 8 aromatic rings. The molecule has 0 atom stereocenters. The Hall–Kier alpha value is -5.60. The molecule has 0 aliphatic heterocycles. The third-order valence-corrected chi connectivity index (χ3v) is 8.10. The summed E-state index contributed by atoms with van der Waals surface area (Å²) in [4.78, 5) is 0. The van der Waals surface area contributed by atoms with Crippen LogP contribution >= 0.6 is 0 Å². The highest BCUT2D eigenvalue weighted by molar-refractivity contribution is 6.13. The zero-order chi connectivity index (χ0) is 27.9. The van der Waals surface area contributed by atoms with E-state index >= 15 is 0 Å². The maximum Gasteiger partial charge on any atom is 0.137 e. The van der Waals surface area contributed by atoms with Crippen LogP contribution in [0.25, 0.3) is 66.1 Å². The van der Waals surface area contributed by atoms with E-state index in [9.17, 15) is 0 Å². The number of fused-ring (bicyclic) bond motifs is 4. The summed E-state index contributed by atoms with van der Waals surface area (Å²) in [6.07, 6.45) is 0. The lowest BCUT2D eigenvalue weighted by molar-refractivity contribution is 0.669. The number of benzene rings is 7. The molecule has 0 radical (unpaired) electrons. The van der Waals surface area contributed by atoms with Crippen molar-refractivity contribution in [2.45, 2.75) is 0 Å². The maximum absolute atomic E-state index is 6.28. The summed E-state index contributed by atoms with van der Waals surface area (Å²) < 4.78 is 6.28. The predicted molar refractivity (Wildman–Crippen MR) is 177 cm³/mol. The summed E-state index contributed by atoms with van der Waals surface area (Å²) in [6.45, 7) is 0. The summed E-state index contributed by atoms with van der Waals surface area (Å²) in [5.74, 6) is 0. The van der Waals surface area contributed by atoms with E-state index in [-0.39, 0.29) is 0 Å². The minimum absolute atomic E-state index is 0.872. The number of hydrogen-bond acceptors (Lipinski definition) is 2. The molecule has 8 rings (SSSR count). The first kappa shape index (κ1) is 24.2. The number of furan rings is 1. The molecule has 2 heteroatoms. The quantitative estimate of drug-likeness (QED) is 0.236. The van der Waals surface area contributed by atoms with Gasteiger partial charge in [0.2, 0.25) is 0 Å². The van der Waals surface area contributed by atoms with Crippen molar-refractivity contribution < 1.29 is 4.42 Å². The zero-order valence-electron chi connectivity index (χ0n) is 22.9. The van der Waals surface area contributed by atoms with Gasteiger partial charge in [-0.25, -0.2) is 0 Å². The van der Waals surface area contributed by atoms with E-state index in [2.05, 4.69) is 145 Å². The first-order chi connectivity index (χ1) is 20.8. The smallest absolute Gasteiger partial charge is 0.137 e. The van der Waals surface area contributed by atoms with Crippen LogP contribution in [0.2, 0.25) is 0 Å². The van der Waals surface area contributed by atoms with E-state index in [1.807, 2.05) is 18.2 Å². The molecular weight excluding hydrogens is 510 g/mol. The molecule has 2 nitrogen and oxygen atoms in total. The second kappa shape index (κ2) is 10.1. The monoisotopic (exact) mass is 537 g/mol. The fourth-order valence-electron chi connectivity index (χ4n) is 6.04. The molecule has 0 amide bonds. The molecule has 1 heterocycles. The van der Waals surface area contributed by atoms with Crippen LogP contribution in [0.4, 0.5) is 11.4 Å². The fourth-order valence-corrected chi connectivity index (χ4v) is 6.04. The van der Waals surface area contributed by atoms with Crippen LogP contribution < -0.4 is 5.32 Å². The van der Waals surface area contributed by atoms with Gasteiger partial charge in [0.25, 0.3) is 0 Å². The Kier molecular flexibility index (Phi) is 5.82. The molecule has 1 aromatic heterocycles. The number of para-hydroxylation sites is 1. The topological polar surface area (TPSA) is 25.2 Å². The van der Waals surface area contributed by atoms with Crippen LogP contribution in [0.3, 0.4) is 0 Å². The molecular formula is C40H27NO. The zero-order valence-corrected chi connectivity index (χ0v) is 22.9. The molecule has 1 N–H and O–H groups in total. The van der Waals surface area contributed by atoms with E-state index < -0.39 is 0 Å². The molecule has 0 saturated heterocycles. The minimum Gasteiger partial charge on any atom is -0.456 e. The van der Waals surface area contributed by atoms with Crippen molar-refractivity contribution in [1.29, 1.82) is 0 Å². The summed E-state index contributed by atoms with van der Waals surface area (Å²) in [6, 6.07) is 55.6. The van der Waals surface area contributed by atoms with Gasteiger partial charge in [-0.05, 0) is 68.9 Å². The number of rotatable bonds is 5. The maximum atomic E-state index is 6.28. The molecule has 0 aliphatic carbocycles. The lowest BCUT2D eigenvalue weighted by atomic mass is 9.95. The van der Waals surface area contributed by atoms with Crippen LogP contribution in [0.15, 0.2) is 162 Å². The standard InChI is InChI=1S/C40H27NO/c1-2-10-27(11-3-1)31-24-25-38-35(26-31)40-37(18-9-19-39(40)42-38)41-36-17-7-6-15-34(36)30-22-20-29(21-23-30)33-16-8-13-28-12-4-5-14-32(28)33/h1-26,41H. The molecule has 0 bridgehead atoms. The molecule has 0 spiro atoms. The molecule has 0 fully saturated rings. The third kappa shape index (κ3) is 4.22. The largest absolute Gasteiger partial charge is 0.456 e. The van der Waals surface area contributed by atoms with E-state index in [0.29, 0.717) is 0 Å². The van der Waals surface area contributed by atoms with Crippen molar-refractivity contribution in [3.05, 3.63) is 158 Å². The van der Waals surface area contributed by atoms with Crippen LogP contribution in [0.1, 0.15) is 0 Å². The van der Waals surface area contributed by atoms with Gasteiger partial charge in [-0.3, -0.25) is 0 Å². The molecule has 42 heavy (non-hydrogen) atoms. The number of hydrogen-bond donors (Lipinski definition) is 1. The van der Waals surface area contributed by atoms with E-state index in [0.717, 1.165) is 44.4 Å². The van der Waals surface area contributed by atoms with Gasteiger partial charge in [0.1, 0.15) is 11.2 Å². The average molecular weight is 538 g/mol. The van der Waals surface area contributed by atoms with Gasteiger partial charge in [-0.2, -0.15) is 0 Å². The van der Waals surface area contributed by atoms with Crippen molar-refractivity contribution in [3.63, 3.8) is 0 Å². The Morgan fingerprint density at radius 1 is 0.381 bits per heavy atom. The van der Waals surface area contributed by atoms with Crippen molar-refractivity contribution in [2.24, 2.45) is 0 Å². The highest BCUT2D eigenvalue weighted by Crippen LogP contribution is 2.39. The van der Waals surface area contributed by atoms with Crippen LogP contribution in [0, 0.1) is 0 Å². The van der Waals surface area contributed by atoms with Crippen LogP contribution in [-0.4, -0.2) is 0 Å². The summed E-state index contributed by atoms with van der Waals surface area (Å²) in [5.41, 5.74) is 11.0. The Labute approximate surface area is 244 Å². The first-order valence-electron chi connectivity index (χ1n) is 14.3. The number of nitrogens with one attached hydrogen (secondary N) is 1. The van der Waals surface area contributed by atoms with Gasteiger partial charge >= 0.3 is 0 Å². The molecule has 0 unspecified atom stereocenters. The lowest BCUT2D eigenvalue weighted by Gasteiger charge is -2.14. The first-order valence-corrected chi connectivity index (χ1v) is 14.3. The van der Waals surface area contributed by atoms with E-state index in [4.69, 9.17) is 4.42 Å². The van der Waals surface area contributed by atoms with Gasteiger partial charge in [0, 0.05) is 16.6 Å². The lowest BCUT2D eigenvalue weighted by Crippen LogP contribution is -1.94. The predicted octanol–water partition coefficient (Wildman–Crippen LogP) is 11.5. The van der Waals surface area contributed by atoms with Crippen LogP contribution in [-0.2, 0) is 0 Å². The molecule has 0 aliphatic rings. The van der Waals surface area contributed by atoms with E-state index in [1.165, 1.54) is 33.0 Å². The summed E-state index contributed by atoms with van der Waals surface area (Å²) in [7, 11) is 0. The van der Waals surface area contributed by atoms with Gasteiger partial charge in [0.05, 0.1) is 11.1 Å². The number of anilines is 2. The second-order valence-corrected chi connectivity index (χ2v) is 10.6. The van der Waals surface area contributed by atoms with Gasteiger partial charge in [-0.1, -0.05) is 127 Å². The second-order valence-electron chi connectivity index (χ2n) is 10.6. The minimum atomic E-state index is 0.872. The van der Waals surface area contributed by atoms with Crippen molar-refractivity contribution in [3.8, 4) is 33.4 Å². The molecule has 0 saturated carbocycles. The molecule has 7 aromatic carbocycles. The van der Waals surface area contributed by atoms with Gasteiger partial charge in [-0.15, -0.1) is 0 Å². The summed E-state index contributed by atoms with van der Waals surface area (Å²) >= 11 is 0. The van der Waals surface area contributed by atoms with Gasteiger partial charge < -0.3 is 9.73 Å². The highest BCUT2D eigenvalue weighted by Gasteiger charge is 2.14. The summed E-state index contributed by atoms with van der Waals surface area (Å²) in [5, 5.41) is 8.48. The SMILES string of the molecule is c1ccc(-c2ccc3oc4cccc(Nc5ccccc5-c5ccc(-c6cccc7ccccc67)cc5)c4c3c2)cc1. The average Bonchev–Trinajstić information content (AvgIpc) is 3.44. The normalized spacial score (nSPS) is 11.3. The Balaban J connectivity index is 1.18. The Morgan fingerprint density at radius 3 is 1.90 bits per heavy atom. The fraction of sp³-hybridized carbons (Fsp3) is 0. The van der Waals surface area contributed by atoms with Crippen molar-refractivity contribution in [1.82, 2.24) is 0 Å². The van der Waals surface area contributed by atoms with E-state index in [1.54, 1.807) is 0 Å². The van der Waals surface area contributed by atoms with Gasteiger partial charge in [0.15, 0.2) is 0 Å². The van der Waals surface area contributed by atoms with Crippen molar-refractivity contribution >= 4 is 44.1 Å². The van der Waals surface area contributed by atoms with Crippen molar-refractivity contribution in [2.75, 3.05) is 5.32 Å². The molecule has 198 valence electrons. The Bertz CT molecular complexity index is 2200. The Morgan fingerprint density at radius 2 is 1.02 bits per heavy atom. The third-order valence-electron chi connectivity index (χ3n) is 8.10.